The normalized spacial score (nSPS) is 17.8. The van der Waals surface area contributed by atoms with E-state index in [0.717, 1.165) is 62.0 Å². The van der Waals surface area contributed by atoms with E-state index in [1.165, 1.54) is 17.7 Å². The Balaban J connectivity index is 1.35. The maximum absolute atomic E-state index is 13.7. The zero-order valence-corrected chi connectivity index (χ0v) is 19.9. The van der Waals surface area contributed by atoms with Crippen LogP contribution in [0.3, 0.4) is 0 Å². The van der Waals surface area contributed by atoms with Gasteiger partial charge in [0.1, 0.15) is 5.82 Å². The van der Waals surface area contributed by atoms with Crippen LogP contribution in [0.5, 0.6) is 11.5 Å². The Morgan fingerprint density at radius 1 is 1.00 bits per heavy atom. The first kappa shape index (κ1) is 22.7. The summed E-state index contributed by atoms with van der Waals surface area (Å²) in [7, 11) is 0. The standard InChI is InChI=1S/C25H31FN6O2/c1-4-25(2,3)32-24(27-28-29-32)23(19-6-8-20(26)9-7-19)31-13-11-30(12-14-31)16-18-5-10-21-22(15-18)34-17-33-21/h5-10,15,23H,4,11-14,16-17H2,1-3H3/t23-/m1/s1. The molecule has 1 aromatic heterocycles. The molecule has 8 nitrogen and oxygen atoms in total. The number of rotatable bonds is 7. The average molecular weight is 467 g/mol. The van der Waals surface area contributed by atoms with Crippen molar-refractivity contribution in [1.29, 1.82) is 0 Å². The van der Waals surface area contributed by atoms with Gasteiger partial charge in [-0.05, 0) is 66.1 Å². The Morgan fingerprint density at radius 2 is 1.74 bits per heavy atom. The van der Waals surface area contributed by atoms with Gasteiger partial charge in [0.2, 0.25) is 6.79 Å². The fourth-order valence-electron chi connectivity index (χ4n) is 4.59. The first-order chi connectivity index (χ1) is 16.4. The van der Waals surface area contributed by atoms with Crippen molar-refractivity contribution in [2.24, 2.45) is 0 Å². The third-order valence-corrected chi connectivity index (χ3v) is 6.98. The minimum Gasteiger partial charge on any atom is -0.454 e. The molecule has 1 fully saturated rings. The van der Waals surface area contributed by atoms with Crippen molar-refractivity contribution in [2.75, 3.05) is 33.0 Å². The SMILES string of the molecule is CCC(C)(C)n1nnnc1[C@@H](c1ccc(F)cc1)N1CCN(Cc2ccc3c(c2)OCO3)CC1. The number of aromatic nitrogens is 4. The van der Waals surface area contributed by atoms with E-state index in [2.05, 4.69) is 58.2 Å². The molecule has 3 heterocycles. The summed E-state index contributed by atoms with van der Waals surface area (Å²) >= 11 is 0. The Hall–Kier alpha value is -3.04. The van der Waals surface area contributed by atoms with Gasteiger partial charge in [-0.15, -0.1) is 5.10 Å². The lowest BCUT2D eigenvalue weighted by Gasteiger charge is -2.39. The molecule has 9 heteroatoms. The summed E-state index contributed by atoms with van der Waals surface area (Å²) in [5, 5.41) is 12.8. The van der Waals surface area contributed by atoms with E-state index < -0.39 is 0 Å². The van der Waals surface area contributed by atoms with Crippen LogP contribution in [0.4, 0.5) is 4.39 Å². The summed E-state index contributed by atoms with van der Waals surface area (Å²) in [6, 6.07) is 12.7. The summed E-state index contributed by atoms with van der Waals surface area (Å²) < 4.78 is 26.6. The number of nitrogens with zero attached hydrogens (tertiary/aromatic N) is 6. The van der Waals surface area contributed by atoms with Gasteiger partial charge < -0.3 is 9.47 Å². The number of piperazine rings is 1. The van der Waals surface area contributed by atoms with E-state index in [4.69, 9.17) is 9.47 Å². The zero-order valence-electron chi connectivity index (χ0n) is 19.9. The Bertz CT molecular complexity index is 1120. The van der Waals surface area contributed by atoms with E-state index in [0.29, 0.717) is 0 Å². The van der Waals surface area contributed by atoms with Gasteiger partial charge in [-0.2, -0.15) is 0 Å². The lowest BCUT2D eigenvalue weighted by Crippen LogP contribution is -2.48. The lowest BCUT2D eigenvalue weighted by atomic mass is 9.99. The van der Waals surface area contributed by atoms with E-state index >= 15 is 0 Å². The van der Waals surface area contributed by atoms with Crippen LogP contribution in [0, 0.1) is 5.82 Å². The molecular formula is C25H31FN6O2. The monoisotopic (exact) mass is 466 g/mol. The quantitative estimate of drug-likeness (QED) is 0.527. The molecule has 0 saturated carbocycles. The van der Waals surface area contributed by atoms with Gasteiger partial charge >= 0.3 is 0 Å². The topological polar surface area (TPSA) is 68.5 Å². The van der Waals surface area contributed by atoms with Crippen molar-refractivity contribution in [3.05, 3.63) is 65.2 Å². The molecule has 0 unspecified atom stereocenters. The van der Waals surface area contributed by atoms with Crippen molar-refractivity contribution in [3.8, 4) is 11.5 Å². The molecule has 34 heavy (non-hydrogen) atoms. The minimum atomic E-state index is -0.246. The van der Waals surface area contributed by atoms with E-state index in [9.17, 15) is 4.39 Å². The van der Waals surface area contributed by atoms with Gasteiger partial charge in [0.25, 0.3) is 0 Å². The lowest BCUT2D eigenvalue weighted by molar-refractivity contribution is 0.0972. The van der Waals surface area contributed by atoms with Gasteiger partial charge in [0.15, 0.2) is 17.3 Å². The van der Waals surface area contributed by atoms with E-state index in [1.54, 1.807) is 0 Å². The number of halogens is 1. The predicted molar refractivity (Wildman–Crippen MR) is 125 cm³/mol. The van der Waals surface area contributed by atoms with Crippen molar-refractivity contribution < 1.29 is 13.9 Å². The number of ether oxygens (including phenoxy) is 2. The van der Waals surface area contributed by atoms with Crippen molar-refractivity contribution >= 4 is 0 Å². The molecule has 1 saturated heterocycles. The van der Waals surface area contributed by atoms with Crippen LogP contribution < -0.4 is 9.47 Å². The number of hydrogen-bond donors (Lipinski definition) is 0. The van der Waals surface area contributed by atoms with Gasteiger partial charge in [0.05, 0.1) is 11.6 Å². The highest BCUT2D eigenvalue weighted by atomic mass is 19.1. The molecule has 5 rings (SSSR count). The molecule has 2 aliphatic heterocycles. The van der Waals surface area contributed by atoms with Crippen molar-refractivity contribution in [2.45, 2.75) is 45.3 Å². The van der Waals surface area contributed by atoms with Gasteiger partial charge in [0, 0.05) is 32.7 Å². The summed E-state index contributed by atoms with van der Waals surface area (Å²) in [5.74, 6) is 2.17. The van der Waals surface area contributed by atoms with Crippen molar-refractivity contribution in [1.82, 2.24) is 30.0 Å². The summed E-state index contributed by atoms with van der Waals surface area (Å²) in [6.45, 7) is 11.1. The van der Waals surface area contributed by atoms with Crippen LogP contribution in [0.1, 0.15) is 50.2 Å². The van der Waals surface area contributed by atoms with Crippen LogP contribution in [0.15, 0.2) is 42.5 Å². The van der Waals surface area contributed by atoms with Crippen LogP contribution in [-0.2, 0) is 12.1 Å². The smallest absolute Gasteiger partial charge is 0.231 e. The largest absolute Gasteiger partial charge is 0.454 e. The highest BCUT2D eigenvalue weighted by molar-refractivity contribution is 5.44. The molecule has 180 valence electrons. The highest BCUT2D eigenvalue weighted by Crippen LogP contribution is 2.34. The van der Waals surface area contributed by atoms with E-state index in [1.807, 2.05) is 22.9 Å². The number of fused-ring (bicyclic) bond motifs is 1. The molecule has 3 aromatic rings. The molecule has 2 aliphatic rings. The van der Waals surface area contributed by atoms with Gasteiger partial charge in [-0.3, -0.25) is 9.80 Å². The van der Waals surface area contributed by atoms with Crippen molar-refractivity contribution in [3.63, 3.8) is 0 Å². The van der Waals surface area contributed by atoms with Crippen LogP contribution in [0.25, 0.3) is 0 Å². The first-order valence-corrected chi connectivity index (χ1v) is 11.8. The summed E-state index contributed by atoms with van der Waals surface area (Å²) in [5.41, 5.74) is 1.98. The molecule has 0 radical (unpaired) electrons. The Labute approximate surface area is 199 Å². The molecule has 0 bridgehead atoms. The molecular weight excluding hydrogens is 435 g/mol. The zero-order chi connectivity index (χ0) is 23.7. The number of hydrogen-bond acceptors (Lipinski definition) is 7. The molecule has 0 spiro atoms. The predicted octanol–water partition coefficient (Wildman–Crippen LogP) is 3.59. The Morgan fingerprint density at radius 3 is 2.47 bits per heavy atom. The van der Waals surface area contributed by atoms with Crippen LogP contribution >= 0.6 is 0 Å². The average Bonchev–Trinajstić information content (AvgIpc) is 3.51. The molecule has 0 amide bonds. The number of benzene rings is 2. The summed E-state index contributed by atoms with van der Waals surface area (Å²) in [6.07, 6.45) is 0.893. The first-order valence-electron chi connectivity index (χ1n) is 11.8. The highest BCUT2D eigenvalue weighted by Gasteiger charge is 2.34. The van der Waals surface area contributed by atoms with E-state index in [-0.39, 0.29) is 24.2 Å². The van der Waals surface area contributed by atoms with Gasteiger partial charge in [-0.1, -0.05) is 25.1 Å². The minimum absolute atomic E-state index is 0.144. The second-order valence-electron chi connectivity index (χ2n) is 9.57. The summed E-state index contributed by atoms with van der Waals surface area (Å²) in [4.78, 5) is 4.84. The molecule has 1 atom stereocenters. The Kier molecular flexibility index (Phi) is 6.22. The third kappa shape index (κ3) is 4.50. The fourth-order valence-corrected chi connectivity index (χ4v) is 4.59. The second kappa shape index (κ2) is 9.31. The van der Waals surface area contributed by atoms with Crippen LogP contribution in [-0.4, -0.2) is 63.0 Å². The van der Waals surface area contributed by atoms with Crippen LogP contribution in [0.2, 0.25) is 0 Å². The third-order valence-electron chi connectivity index (χ3n) is 6.98. The maximum Gasteiger partial charge on any atom is 0.231 e. The fraction of sp³-hybridized carbons (Fsp3) is 0.480. The molecule has 0 N–H and O–H groups in total. The second-order valence-corrected chi connectivity index (χ2v) is 9.57. The van der Waals surface area contributed by atoms with Gasteiger partial charge in [-0.25, -0.2) is 9.07 Å². The maximum atomic E-state index is 13.7. The molecule has 0 aliphatic carbocycles. The number of tetrazole rings is 1. The molecule has 2 aromatic carbocycles.